The highest BCUT2D eigenvalue weighted by Gasteiger charge is 2.38. The molecule has 0 N–H and O–H groups in total. The number of carbonyl (C=O) groups is 2. The molecule has 3 aliphatic heterocycles. The molecule has 3 fully saturated rings. The molecular formula is C24H31N5O3. The van der Waals surface area contributed by atoms with Crippen molar-refractivity contribution in [3.05, 3.63) is 47.3 Å². The highest BCUT2D eigenvalue weighted by atomic mass is 16.5. The quantitative estimate of drug-likeness (QED) is 0.685. The Kier molecular flexibility index (Phi) is 5.73. The van der Waals surface area contributed by atoms with Crippen LogP contribution in [0.2, 0.25) is 0 Å². The van der Waals surface area contributed by atoms with E-state index in [1.165, 1.54) is 41.3 Å². The zero-order valence-corrected chi connectivity index (χ0v) is 18.9. The van der Waals surface area contributed by atoms with E-state index in [0.717, 1.165) is 32.8 Å². The first kappa shape index (κ1) is 21.2. The SMILES string of the molecule is CC(=O)c1ccn(C(=O)N2CCN(Cc3ccc(C)c(N4C5CCC4COC5)c3)CC2)n1. The summed E-state index contributed by atoms with van der Waals surface area (Å²) in [5, 5.41) is 4.10. The molecule has 2 bridgehead atoms. The lowest BCUT2D eigenvalue weighted by atomic mass is 10.1. The van der Waals surface area contributed by atoms with Crippen molar-refractivity contribution in [1.82, 2.24) is 19.6 Å². The second-order valence-corrected chi connectivity index (χ2v) is 9.20. The Hall–Kier alpha value is -2.71. The van der Waals surface area contributed by atoms with Crippen LogP contribution in [0.15, 0.2) is 30.5 Å². The Balaban J connectivity index is 1.21. The van der Waals surface area contributed by atoms with Gasteiger partial charge in [0.15, 0.2) is 5.78 Å². The number of carbonyl (C=O) groups excluding carboxylic acids is 2. The number of anilines is 1. The number of piperazine rings is 1. The van der Waals surface area contributed by atoms with Crippen molar-refractivity contribution in [3.63, 3.8) is 0 Å². The molecule has 1 aromatic heterocycles. The highest BCUT2D eigenvalue weighted by Crippen LogP contribution is 2.36. The maximum Gasteiger partial charge on any atom is 0.344 e. The molecule has 2 unspecified atom stereocenters. The summed E-state index contributed by atoms with van der Waals surface area (Å²) in [6.07, 6.45) is 4.00. The summed E-state index contributed by atoms with van der Waals surface area (Å²) >= 11 is 0. The molecule has 0 spiro atoms. The molecule has 4 heterocycles. The molecule has 0 aliphatic carbocycles. The monoisotopic (exact) mass is 437 g/mol. The van der Waals surface area contributed by atoms with Gasteiger partial charge in [0.1, 0.15) is 5.69 Å². The Morgan fingerprint density at radius 2 is 1.78 bits per heavy atom. The molecular weight excluding hydrogens is 406 g/mol. The maximum absolute atomic E-state index is 12.7. The Bertz CT molecular complexity index is 995. The summed E-state index contributed by atoms with van der Waals surface area (Å²) in [7, 11) is 0. The minimum Gasteiger partial charge on any atom is -0.377 e. The Labute approximate surface area is 188 Å². The smallest absolute Gasteiger partial charge is 0.344 e. The van der Waals surface area contributed by atoms with E-state index in [-0.39, 0.29) is 11.8 Å². The number of aromatic nitrogens is 2. The fourth-order valence-corrected chi connectivity index (χ4v) is 5.17. The number of morpholine rings is 1. The van der Waals surface area contributed by atoms with Gasteiger partial charge in [0.2, 0.25) is 0 Å². The molecule has 8 heteroatoms. The number of ether oxygens (including phenoxy) is 1. The fourth-order valence-electron chi connectivity index (χ4n) is 5.17. The van der Waals surface area contributed by atoms with Crippen LogP contribution < -0.4 is 4.90 Å². The van der Waals surface area contributed by atoms with Gasteiger partial charge in [-0.3, -0.25) is 9.69 Å². The molecule has 3 saturated heterocycles. The first-order valence-corrected chi connectivity index (χ1v) is 11.5. The van der Waals surface area contributed by atoms with Crippen LogP contribution in [-0.2, 0) is 11.3 Å². The topological polar surface area (TPSA) is 70.9 Å². The molecule has 8 nitrogen and oxygen atoms in total. The number of ketones is 1. The standard InChI is InChI=1S/C24H31N5O3/c1-17-3-4-19(13-23(17)29-20-5-6-21(29)16-32-15-20)14-26-9-11-27(12-10-26)24(31)28-8-7-22(25-28)18(2)30/h3-4,7-8,13,20-21H,5-6,9-12,14-16H2,1-2H3. The predicted octanol–water partition coefficient (Wildman–Crippen LogP) is 2.55. The van der Waals surface area contributed by atoms with Crippen LogP contribution in [0.4, 0.5) is 10.5 Å². The molecule has 5 rings (SSSR count). The Morgan fingerprint density at radius 1 is 1.06 bits per heavy atom. The van der Waals surface area contributed by atoms with Gasteiger partial charge in [-0.05, 0) is 43.0 Å². The van der Waals surface area contributed by atoms with E-state index in [0.29, 0.717) is 30.9 Å². The van der Waals surface area contributed by atoms with E-state index in [4.69, 9.17) is 4.74 Å². The molecule has 2 aromatic rings. The molecule has 32 heavy (non-hydrogen) atoms. The highest BCUT2D eigenvalue weighted by molar-refractivity contribution is 5.92. The van der Waals surface area contributed by atoms with Crippen LogP contribution in [0.25, 0.3) is 0 Å². The van der Waals surface area contributed by atoms with Gasteiger partial charge in [-0.2, -0.15) is 9.78 Å². The molecule has 1 amide bonds. The van der Waals surface area contributed by atoms with Gasteiger partial charge >= 0.3 is 6.03 Å². The molecule has 0 saturated carbocycles. The number of Topliss-reactive ketones (excluding diaryl/α,β-unsaturated/α-hetero) is 1. The van der Waals surface area contributed by atoms with Gasteiger partial charge in [0, 0.05) is 51.5 Å². The minimum absolute atomic E-state index is 0.135. The van der Waals surface area contributed by atoms with Crippen molar-refractivity contribution in [2.45, 2.75) is 45.3 Å². The Morgan fingerprint density at radius 3 is 2.44 bits per heavy atom. The number of aryl methyl sites for hydroxylation is 1. The van der Waals surface area contributed by atoms with Crippen molar-refractivity contribution in [2.75, 3.05) is 44.3 Å². The average molecular weight is 438 g/mol. The molecule has 0 radical (unpaired) electrons. The van der Waals surface area contributed by atoms with Gasteiger partial charge in [-0.1, -0.05) is 12.1 Å². The van der Waals surface area contributed by atoms with E-state index in [9.17, 15) is 9.59 Å². The summed E-state index contributed by atoms with van der Waals surface area (Å²) in [6.45, 7) is 9.14. The summed E-state index contributed by atoms with van der Waals surface area (Å²) in [5.41, 5.74) is 4.31. The second-order valence-electron chi connectivity index (χ2n) is 9.20. The zero-order valence-electron chi connectivity index (χ0n) is 18.9. The first-order chi connectivity index (χ1) is 15.5. The lowest BCUT2D eigenvalue weighted by Crippen LogP contribution is -2.49. The van der Waals surface area contributed by atoms with Crippen molar-refractivity contribution in [1.29, 1.82) is 0 Å². The number of hydrogen-bond donors (Lipinski definition) is 0. The number of rotatable bonds is 4. The lowest BCUT2D eigenvalue weighted by Gasteiger charge is -2.38. The van der Waals surface area contributed by atoms with Crippen LogP contribution in [0.3, 0.4) is 0 Å². The van der Waals surface area contributed by atoms with E-state index >= 15 is 0 Å². The summed E-state index contributed by atoms with van der Waals surface area (Å²) in [5.74, 6) is -0.135. The van der Waals surface area contributed by atoms with Crippen molar-refractivity contribution < 1.29 is 14.3 Å². The van der Waals surface area contributed by atoms with Crippen LogP contribution in [0, 0.1) is 6.92 Å². The molecule has 170 valence electrons. The number of fused-ring (bicyclic) bond motifs is 2. The van der Waals surface area contributed by atoms with E-state index in [1.54, 1.807) is 17.2 Å². The third-order valence-corrected chi connectivity index (χ3v) is 6.99. The van der Waals surface area contributed by atoms with Gasteiger partial charge in [0.25, 0.3) is 0 Å². The third-order valence-electron chi connectivity index (χ3n) is 6.99. The van der Waals surface area contributed by atoms with Crippen LogP contribution in [-0.4, -0.2) is 82.9 Å². The van der Waals surface area contributed by atoms with Crippen molar-refractivity contribution in [2.24, 2.45) is 0 Å². The third kappa shape index (κ3) is 4.04. The fraction of sp³-hybridized carbons (Fsp3) is 0.542. The lowest BCUT2D eigenvalue weighted by molar-refractivity contribution is 0.0905. The van der Waals surface area contributed by atoms with E-state index < -0.39 is 0 Å². The van der Waals surface area contributed by atoms with Crippen molar-refractivity contribution in [3.8, 4) is 0 Å². The number of benzene rings is 1. The van der Waals surface area contributed by atoms with Crippen LogP contribution in [0.5, 0.6) is 0 Å². The minimum atomic E-state index is -0.169. The van der Waals surface area contributed by atoms with Gasteiger partial charge in [-0.15, -0.1) is 0 Å². The number of nitrogens with zero attached hydrogens (tertiary/aromatic N) is 5. The first-order valence-electron chi connectivity index (χ1n) is 11.5. The van der Waals surface area contributed by atoms with Crippen molar-refractivity contribution >= 4 is 17.5 Å². The zero-order chi connectivity index (χ0) is 22.2. The summed E-state index contributed by atoms with van der Waals surface area (Å²) in [6, 6.07) is 9.25. The maximum atomic E-state index is 12.7. The average Bonchev–Trinajstić information content (AvgIpc) is 3.38. The number of hydrogen-bond acceptors (Lipinski definition) is 6. The van der Waals surface area contributed by atoms with Gasteiger partial charge < -0.3 is 14.5 Å². The number of amides is 1. The largest absolute Gasteiger partial charge is 0.377 e. The van der Waals surface area contributed by atoms with E-state index in [1.807, 2.05) is 0 Å². The molecule has 3 aliphatic rings. The van der Waals surface area contributed by atoms with Crippen LogP contribution in [0.1, 0.15) is 41.4 Å². The normalized spacial score (nSPS) is 23.6. The summed E-state index contributed by atoms with van der Waals surface area (Å²) in [4.78, 5) is 30.9. The molecule has 2 atom stereocenters. The van der Waals surface area contributed by atoms with Gasteiger partial charge in [0.05, 0.1) is 25.3 Å². The van der Waals surface area contributed by atoms with Crippen LogP contribution >= 0.6 is 0 Å². The molecule has 1 aromatic carbocycles. The predicted molar refractivity (Wildman–Crippen MR) is 121 cm³/mol. The second kappa shape index (κ2) is 8.67. The van der Waals surface area contributed by atoms with E-state index in [2.05, 4.69) is 40.0 Å². The summed E-state index contributed by atoms with van der Waals surface area (Å²) < 4.78 is 7.04. The van der Waals surface area contributed by atoms with Gasteiger partial charge in [-0.25, -0.2) is 4.79 Å².